The maximum Gasteiger partial charge on any atom is 0.244 e. The second kappa shape index (κ2) is 5.03. The van der Waals surface area contributed by atoms with Crippen molar-refractivity contribution >= 4 is 17.7 Å². The summed E-state index contributed by atoms with van der Waals surface area (Å²) in [7, 11) is 0. The van der Waals surface area contributed by atoms with Crippen LogP contribution in [-0.4, -0.2) is 11.9 Å². The molecular formula is C12H13NOS. The van der Waals surface area contributed by atoms with Gasteiger partial charge in [0.25, 0.3) is 0 Å². The summed E-state index contributed by atoms with van der Waals surface area (Å²) >= 11 is 1.55. The largest absolute Gasteiger partial charge is 0.350 e. The Labute approximate surface area is 93.8 Å². The highest BCUT2D eigenvalue weighted by Gasteiger charge is 2.21. The Bertz CT molecular complexity index is 357. The molecule has 1 saturated carbocycles. The number of carbonyl (C=O) groups is 1. The molecule has 1 aromatic rings. The van der Waals surface area contributed by atoms with Crippen LogP contribution in [0.5, 0.6) is 0 Å². The van der Waals surface area contributed by atoms with Crippen LogP contribution < -0.4 is 5.32 Å². The van der Waals surface area contributed by atoms with Crippen molar-refractivity contribution in [1.82, 2.24) is 5.32 Å². The van der Waals surface area contributed by atoms with Gasteiger partial charge in [0.05, 0.1) is 0 Å². The molecule has 0 spiro atoms. The highest BCUT2D eigenvalue weighted by atomic mass is 32.2. The van der Waals surface area contributed by atoms with Gasteiger partial charge in [-0.3, -0.25) is 4.79 Å². The first-order chi connectivity index (χ1) is 7.34. The third kappa shape index (κ3) is 3.80. The zero-order valence-electron chi connectivity index (χ0n) is 8.35. The van der Waals surface area contributed by atoms with Gasteiger partial charge in [-0.25, -0.2) is 0 Å². The van der Waals surface area contributed by atoms with Crippen LogP contribution in [0, 0.1) is 0 Å². The Balaban J connectivity index is 1.76. The number of rotatable bonds is 4. The summed E-state index contributed by atoms with van der Waals surface area (Å²) < 4.78 is 0. The van der Waals surface area contributed by atoms with Crippen LogP contribution in [-0.2, 0) is 4.79 Å². The van der Waals surface area contributed by atoms with E-state index in [-0.39, 0.29) is 5.91 Å². The SMILES string of the molecule is O=C(C=CSc1ccccc1)NC1CC1. The topological polar surface area (TPSA) is 29.1 Å². The smallest absolute Gasteiger partial charge is 0.244 e. The van der Waals surface area contributed by atoms with E-state index in [0.717, 1.165) is 17.7 Å². The first-order valence-corrected chi connectivity index (χ1v) is 5.91. The van der Waals surface area contributed by atoms with Gasteiger partial charge in [-0.05, 0) is 30.4 Å². The molecule has 15 heavy (non-hydrogen) atoms. The van der Waals surface area contributed by atoms with Crippen molar-refractivity contribution in [3.8, 4) is 0 Å². The fourth-order valence-corrected chi connectivity index (χ4v) is 1.81. The highest BCUT2D eigenvalue weighted by molar-refractivity contribution is 8.02. The van der Waals surface area contributed by atoms with Crippen LogP contribution in [0.1, 0.15) is 12.8 Å². The molecule has 0 bridgehead atoms. The van der Waals surface area contributed by atoms with Crippen LogP contribution >= 0.6 is 11.8 Å². The molecule has 0 aliphatic heterocycles. The summed E-state index contributed by atoms with van der Waals surface area (Å²) in [5, 5.41) is 4.73. The lowest BCUT2D eigenvalue weighted by Crippen LogP contribution is -2.22. The normalized spacial score (nSPS) is 15.5. The summed E-state index contributed by atoms with van der Waals surface area (Å²) in [5.41, 5.74) is 0. The standard InChI is InChI=1S/C12H13NOS/c14-12(13-10-6-7-10)8-9-15-11-4-2-1-3-5-11/h1-5,8-10H,6-7H2,(H,13,14). The van der Waals surface area contributed by atoms with Gasteiger partial charge in [-0.1, -0.05) is 30.0 Å². The maximum atomic E-state index is 11.3. The van der Waals surface area contributed by atoms with Gasteiger partial charge < -0.3 is 5.32 Å². The van der Waals surface area contributed by atoms with Gasteiger partial charge in [0.1, 0.15) is 0 Å². The first-order valence-electron chi connectivity index (χ1n) is 5.03. The van der Waals surface area contributed by atoms with Gasteiger partial charge in [-0.15, -0.1) is 0 Å². The predicted octanol–water partition coefficient (Wildman–Crippen LogP) is 2.57. The highest BCUT2D eigenvalue weighted by Crippen LogP contribution is 2.19. The van der Waals surface area contributed by atoms with Crippen LogP contribution in [0.25, 0.3) is 0 Å². The van der Waals surface area contributed by atoms with E-state index < -0.39 is 0 Å². The maximum absolute atomic E-state index is 11.3. The Hall–Kier alpha value is -1.22. The van der Waals surface area contributed by atoms with Crippen molar-refractivity contribution < 1.29 is 4.79 Å². The molecule has 3 heteroatoms. The second-order valence-corrected chi connectivity index (χ2v) is 4.50. The molecule has 0 atom stereocenters. The minimum atomic E-state index is 0.0148. The quantitative estimate of drug-likeness (QED) is 0.623. The third-order valence-electron chi connectivity index (χ3n) is 2.09. The van der Waals surface area contributed by atoms with Gasteiger partial charge in [0, 0.05) is 17.0 Å². The Morgan fingerprint density at radius 3 is 2.73 bits per heavy atom. The van der Waals surface area contributed by atoms with E-state index in [4.69, 9.17) is 0 Å². The lowest BCUT2D eigenvalue weighted by Gasteiger charge is -1.96. The van der Waals surface area contributed by atoms with Gasteiger partial charge in [0.2, 0.25) is 5.91 Å². The van der Waals surface area contributed by atoms with Gasteiger partial charge in [0.15, 0.2) is 0 Å². The van der Waals surface area contributed by atoms with Crippen LogP contribution in [0.4, 0.5) is 0 Å². The molecule has 0 aromatic heterocycles. The predicted molar refractivity (Wildman–Crippen MR) is 62.6 cm³/mol. The molecule has 2 rings (SSSR count). The van der Waals surface area contributed by atoms with Crippen LogP contribution in [0.3, 0.4) is 0 Å². The molecule has 78 valence electrons. The summed E-state index contributed by atoms with van der Waals surface area (Å²) in [6.07, 6.45) is 3.85. The molecule has 0 saturated heterocycles. The number of thioether (sulfide) groups is 1. The molecule has 0 unspecified atom stereocenters. The van der Waals surface area contributed by atoms with E-state index in [9.17, 15) is 4.79 Å². The average Bonchev–Trinajstić information content (AvgIpc) is 3.03. The number of amides is 1. The Morgan fingerprint density at radius 2 is 2.07 bits per heavy atom. The van der Waals surface area contributed by atoms with E-state index in [2.05, 4.69) is 5.32 Å². The number of nitrogens with one attached hydrogen (secondary N) is 1. The lowest BCUT2D eigenvalue weighted by molar-refractivity contribution is -0.116. The van der Waals surface area contributed by atoms with Gasteiger partial charge in [-0.2, -0.15) is 0 Å². The zero-order valence-corrected chi connectivity index (χ0v) is 9.17. The van der Waals surface area contributed by atoms with Crippen LogP contribution in [0.15, 0.2) is 46.7 Å². The van der Waals surface area contributed by atoms with E-state index in [1.165, 1.54) is 0 Å². The Morgan fingerprint density at radius 1 is 1.33 bits per heavy atom. The fraction of sp³-hybridized carbons (Fsp3) is 0.250. The van der Waals surface area contributed by atoms with Crippen molar-refractivity contribution in [1.29, 1.82) is 0 Å². The van der Waals surface area contributed by atoms with E-state index >= 15 is 0 Å². The summed E-state index contributed by atoms with van der Waals surface area (Å²) in [5.74, 6) is 0.0148. The molecule has 1 amide bonds. The summed E-state index contributed by atoms with van der Waals surface area (Å²) in [4.78, 5) is 12.4. The first kappa shape index (κ1) is 10.3. The Kier molecular flexibility index (Phi) is 3.45. The monoisotopic (exact) mass is 219 g/mol. The molecule has 2 nitrogen and oxygen atoms in total. The number of carbonyl (C=O) groups excluding carboxylic acids is 1. The minimum Gasteiger partial charge on any atom is -0.350 e. The molecule has 1 N–H and O–H groups in total. The number of hydrogen-bond donors (Lipinski definition) is 1. The van der Waals surface area contributed by atoms with E-state index in [1.807, 2.05) is 35.7 Å². The molecule has 1 aliphatic rings. The second-order valence-electron chi connectivity index (χ2n) is 3.52. The number of hydrogen-bond acceptors (Lipinski definition) is 2. The summed E-state index contributed by atoms with van der Waals surface area (Å²) in [6, 6.07) is 10.4. The van der Waals surface area contributed by atoms with E-state index in [1.54, 1.807) is 17.8 Å². The van der Waals surface area contributed by atoms with Crippen LogP contribution in [0.2, 0.25) is 0 Å². The van der Waals surface area contributed by atoms with Crippen molar-refractivity contribution in [3.63, 3.8) is 0 Å². The molecule has 1 fully saturated rings. The molecule has 0 radical (unpaired) electrons. The zero-order chi connectivity index (χ0) is 10.5. The van der Waals surface area contributed by atoms with Gasteiger partial charge >= 0.3 is 0 Å². The van der Waals surface area contributed by atoms with Crippen molar-refractivity contribution in [2.75, 3.05) is 0 Å². The average molecular weight is 219 g/mol. The lowest BCUT2D eigenvalue weighted by atomic mass is 10.4. The fourth-order valence-electron chi connectivity index (χ4n) is 1.15. The van der Waals surface area contributed by atoms with E-state index in [0.29, 0.717) is 6.04 Å². The molecule has 1 aliphatic carbocycles. The van der Waals surface area contributed by atoms with Crippen molar-refractivity contribution in [2.24, 2.45) is 0 Å². The summed E-state index contributed by atoms with van der Waals surface area (Å²) in [6.45, 7) is 0. The molecule has 1 aromatic carbocycles. The van der Waals surface area contributed by atoms with Crippen molar-refractivity contribution in [3.05, 3.63) is 41.8 Å². The number of benzene rings is 1. The third-order valence-corrected chi connectivity index (χ3v) is 2.91. The minimum absolute atomic E-state index is 0.0148. The molecule has 0 heterocycles. The van der Waals surface area contributed by atoms with Crippen molar-refractivity contribution in [2.45, 2.75) is 23.8 Å². The molecular weight excluding hydrogens is 206 g/mol.